The molecule has 6 heteroatoms. The summed E-state index contributed by atoms with van der Waals surface area (Å²) in [5.74, 6) is 0.458. The van der Waals surface area contributed by atoms with Gasteiger partial charge in [0.15, 0.2) is 0 Å². The smallest absolute Gasteiger partial charge is 0.253 e. The van der Waals surface area contributed by atoms with Crippen LogP contribution in [0.25, 0.3) is 0 Å². The van der Waals surface area contributed by atoms with Gasteiger partial charge in [-0.1, -0.05) is 37.0 Å². The zero-order chi connectivity index (χ0) is 12.3. The molecule has 0 aliphatic rings. The quantitative estimate of drug-likeness (QED) is 0.477. The summed E-state index contributed by atoms with van der Waals surface area (Å²) in [5.41, 5.74) is 0.757. The first-order chi connectivity index (χ1) is 7.41. The second-order valence-electron chi connectivity index (χ2n) is 3.88. The van der Waals surface area contributed by atoms with E-state index in [2.05, 4.69) is 15.0 Å². The van der Waals surface area contributed by atoms with Crippen LogP contribution in [0.15, 0.2) is 4.99 Å². The lowest BCUT2D eigenvalue weighted by Crippen LogP contribution is -2.07. The molecule has 0 aliphatic heterocycles. The van der Waals surface area contributed by atoms with Gasteiger partial charge in [0, 0.05) is 19.7 Å². The molecule has 1 aromatic rings. The van der Waals surface area contributed by atoms with E-state index in [0.29, 0.717) is 10.3 Å². The van der Waals surface area contributed by atoms with E-state index in [1.165, 1.54) is 0 Å². The Balaban J connectivity index is 3.10. The van der Waals surface area contributed by atoms with Gasteiger partial charge in [-0.2, -0.15) is 9.97 Å². The molecule has 0 unspecified atom stereocenters. The molecule has 0 bridgehead atoms. The number of aliphatic imine (C=N–C) groups is 1. The van der Waals surface area contributed by atoms with Gasteiger partial charge in [0.2, 0.25) is 0 Å². The fraction of sp³-hybridized carbons (Fsp3) is 0.500. The first kappa shape index (κ1) is 13.2. The van der Waals surface area contributed by atoms with Crippen LogP contribution >= 0.6 is 23.2 Å². The minimum absolute atomic E-state index is 0.187. The maximum absolute atomic E-state index is 6.02. The van der Waals surface area contributed by atoms with Crippen LogP contribution in [0.3, 0.4) is 0 Å². The van der Waals surface area contributed by atoms with Crippen molar-refractivity contribution in [2.24, 2.45) is 4.99 Å². The Morgan fingerprint density at radius 2 is 1.69 bits per heavy atom. The van der Waals surface area contributed by atoms with Crippen LogP contribution in [-0.2, 0) is 0 Å². The van der Waals surface area contributed by atoms with Gasteiger partial charge in [0.05, 0.1) is 6.34 Å². The topological polar surface area (TPSA) is 41.4 Å². The van der Waals surface area contributed by atoms with Gasteiger partial charge in [-0.3, -0.25) is 0 Å². The number of rotatable bonds is 3. The second-order valence-corrected chi connectivity index (χ2v) is 4.60. The summed E-state index contributed by atoms with van der Waals surface area (Å²) in [6.45, 7) is 3.97. The number of hydrogen-bond acceptors (Lipinski definition) is 3. The van der Waals surface area contributed by atoms with Crippen LogP contribution in [0.5, 0.6) is 0 Å². The number of nitrogens with zero attached hydrogens (tertiary/aromatic N) is 4. The van der Waals surface area contributed by atoms with Gasteiger partial charge >= 0.3 is 0 Å². The Hall–Kier alpha value is -0.870. The highest BCUT2D eigenvalue weighted by atomic mass is 35.5. The van der Waals surface area contributed by atoms with E-state index >= 15 is 0 Å². The molecule has 0 saturated carbocycles. The van der Waals surface area contributed by atoms with Gasteiger partial charge in [0.25, 0.3) is 5.95 Å². The van der Waals surface area contributed by atoms with E-state index in [0.717, 1.165) is 5.56 Å². The highest BCUT2D eigenvalue weighted by Crippen LogP contribution is 2.30. The predicted molar refractivity (Wildman–Crippen MR) is 68.0 cm³/mol. The van der Waals surface area contributed by atoms with Crippen molar-refractivity contribution < 1.29 is 0 Å². The molecule has 1 heterocycles. The summed E-state index contributed by atoms with van der Waals surface area (Å²) < 4.78 is 0. The number of aromatic nitrogens is 2. The number of halogens is 2. The van der Waals surface area contributed by atoms with Gasteiger partial charge in [-0.25, -0.2) is 4.99 Å². The summed E-state index contributed by atoms with van der Waals surface area (Å²) in [6.07, 6.45) is 1.59. The molecule has 0 radical (unpaired) electrons. The minimum atomic E-state index is 0.187. The van der Waals surface area contributed by atoms with Crippen molar-refractivity contribution in [1.82, 2.24) is 14.9 Å². The monoisotopic (exact) mass is 260 g/mol. The van der Waals surface area contributed by atoms with Crippen LogP contribution in [0.1, 0.15) is 25.3 Å². The van der Waals surface area contributed by atoms with E-state index in [-0.39, 0.29) is 11.9 Å². The van der Waals surface area contributed by atoms with Crippen LogP contribution in [-0.4, -0.2) is 35.3 Å². The van der Waals surface area contributed by atoms with Crippen molar-refractivity contribution in [3.63, 3.8) is 0 Å². The predicted octanol–water partition coefficient (Wildman–Crippen LogP) is 3.13. The second kappa shape index (κ2) is 5.46. The summed E-state index contributed by atoms with van der Waals surface area (Å²) >= 11 is 12.0. The molecule has 1 aromatic heterocycles. The zero-order valence-corrected chi connectivity index (χ0v) is 11.2. The molecule has 1 rings (SSSR count). The molecule has 0 saturated heterocycles. The van der Waals surface area contributed by atoms with Crippen molar-refractivity contribution in [3.8, 4) is 0 Å². The molecule has 4 nitrogen and oxygen atoms in total. The van der Waals surface area contributed by atoms with Crippen LogP contribution in [0.4, 0.5) is 5.95 Å². The average Bonchev–Trinajstić information content (AvgIpc) is 2.12. The largest absolute Gasteiger partial charge is 0.369 e. The Morgan fingerprint density at radius 1 is 1.19 bits per heavy atom. The van der Waals surface area contributed by atoms with E-state index in [1.807, 2.05) is 27.9 Å². The third kappa shape index (κ3) is 3.32. The lowest BCUT2D eigenvalue weighted by molar-refractivity contribution is 0.642. The van der Waals surface area contributed by atoms with Crippen LogP contribution in [0.2, 0.25) is 10.3 Å². The molecule has 0 amide bonds. The van der Waals surface area contributed by atoms with Crippen molar-refractivity contribution in [2.45, 2.75) is 19.8 Å². The van der Waals surface area contributed by atoms with Crippen molar-refractivity contribution in [1.29, 1.82) is 0 Å². The summed E-state index contributed by atoms with van der Waals surface area (Å²) in [7, 11) is 3.71. The van der Waals surface area contributed by atoms with E-state index in [1.54, 1.807) is 11.2 Å². The Bertz CT molecular complexity index is 379. The van der Waals surface area contributed by atoms with E-state index in [4.69, 9.17) is 23.2 Å². The molecular weight excluding hydrogens is 247 g/mol. The minimum Gasteiger partial charge on any atom is -0.369 e. The molecule has 0 aliphatic carbocycles. The molecular formula is C10H14Cl2N4. The third-order valence-corrected chi connectivity index (χ3v) is 2.40. The van der Waals surface area contributed by atoms with Crippen molar-refractivity contribution >= 4 is 35.5 Å². The summed E-state index contributed by atoms with van der Waals surface area (Å²) in [5, 5.41) is 0.724. The van der Waals surface area contributed by atoms with E-state index < -0.39 is 0 Å². The van der Waals surface area contributed by atoms with Gasteiger partial charge in [-0.05, 0) is 5.92 Å². The molecule has 0 fully saturated rings. The first-order valence-electron chi connectivity index (χ1n) is 4.85. The molecule has 0 aromatic carbocycles. The maximum atomic E-state index is 6.02. The van der Waals surface area contributed by atoms with Crippen LogP contribution < -0.4 is 0 Å². The summed E-state index contributed by atoms with van der Waals surface area (Å²) in [6, 6.07) is 0. The highest BCUT2D eigenvalue weighted by Gasteiger charge is 2.14. The Morgan fingerprint density at radius 3 is 2.06 bits per heavy atom. The first-order valence-corrected chi connectivity index (χ1v) is 5.61. The van der Waals surface area contributed by atoms with Crippen molar-refractivity contribution in [3.05, 3.63) is 15.9 Å². The van der Waals surface area contributed by atoms with Gasteiger partial charge in [-0.15, -0.1) is 0 Å². The SMILES string of the molecule is CC(C)c1c(Cl)nc(N=CN(C)C)nc1Cl. The fourth-order valence-corrected chi connectivity index (χ4v) is 1.92. The van der Waals surface area contributed by atoms with Gasteiger partial charge < -0.3 is 4.90 Å². The standard InChI is InChI=1S/C10H14Cl2N4/c1-6(2)7-8(11)14-10(15-9(7)12)13-5-16(3)4/h5-6H,1-4H3. The number of hydrogen-bond donors (Lipinski definition) is 0. The third-order valence-electron chi connectivity index (χ3n) is 1.82. The highest BCUT2D eigenvalue weighted by molar-refractivity contribution is 6.34. The molecule has 0 atom stereocenters. The normalized spacial score (nSPS) is 11.4. The van der Waals surface area contributed by atoms with E-state index in [9.17, 15) is 0 Å². The molecule has 16 heavy (non-hydrogen) atoms. The van der Waals surface area contributed by atoms with Crippen LogP contribution in [0, 0.1) is 0 Å². The fourth-order valence-electron chi connectivity index (χ4n) is 1.11. The molecule has 0 spiro atoms. The lowest BCUT2D eigenvalue weighted by atomic mass is 10.1. The Labute approximate surface area is 105 Å². The lowest BCUT2D eigenvalue weighted by Gasteiger charge is -2.09. The molecule has 88 valence electrons. The molecule has 0 N–H and O–H groups in total. The zero-order valence-electron chi connectivity index (χ0n) is 9.70. The summed E-state index contributed by atoms with van der Waals surface area (Å²) in [4.78, 5) is 14.0. The van der Waals surface area contributed by atoms with Gasteiger partial charge in [0.1, 0.15) is 10.3 Å². The maximum Gasteiger partial charge on any atom is 0.253 e. The Kier molecular flexibility index (Phi) is 4.50. The van der Waals surface area contributed by atoms with Crippen molar-refractivity contribution in [2.75, 3.05) is 14.1 Å². The average molecular weight is 261 g/mol.